The lowest BCUT2D eigenvalue weighted by atomic mass is 10.1. The molecule has 3 atom stereocenters. The summed E-state index contributed by atoms with van der Waals surface area (Å²) in [6.07, 6.45) is 3.36. The molecular formula is C36H36N6O6. The van der Waals surface area contributed by atoms with Crippen LogP contribution in [0.5, 0.6) is 0 Å². The number of benzene rings is 3. The van der Waals surface area contributed by atoms with Crippen LogP contribution < -0.4 is 16.0 Å². The van der Waals surface area contributed by atoms with Crippen molar-refractivity contribution in [3.63, 3.8) is 0 Å². The summed E-state index contributed by atoms with van der Waals surface area (Å²) in [7, 11) is 0. The number of rotatable bonds is 0. The second kappa shape index (κ2) is 12.9. The molecule has 3 aromatic carbocycles. The summed E-state index contributed by atoms with van der Waals surface area (Å²) >= 11 is 0. The molecule has 4 heterocycles. The van der Waals surface area contributed by atoms with Crippen LogP contribution >= 0.6 is 0 Å². The molecule has 3 N–H and O–H groups in total. The zero-order valence-corrected chi connectivity index (χ0v) is 26.3. The highest BCUT2D eigenvalue weighted by Gasteiger charge is 2.38. The van der Waals surface area contributed by atoms with Crippen LogP contribution in [-0.2, 0) is 14.4 Å². The maximum atomic E-state index is 13.7. The monoisotopic (exact) mass is 648 g/mol. The van der Waals surface area contributed by atoms with Crippen molar-refractivity contribution in [3.05, 3.63) is 89.5 Å². The molecule has 0 aromatic heterocycles. The van der Waals surface area contributed by atoms with E-state index >= 15 is 0 Å². The van der Waals surface area contributed by atoms with E-state index in [2.05, 4.69) is 16.0 Å². The van der Waals surface area contributed by atoms with Gasteiger partial charge in [-0.05, 0) is 93.1 Å². The second-order valence-corrected chi connectivity index (χ2v) is 12.7. The van der Waals surface area contributed by atoms with Gasteiger partial charge >= 0.3 is 0 Å². The largest absolute Gasteiger partial charge is 0.327 e. The molecule has 12 heteroatoms. The Bertz CT molecular complexity index is 1620. The Labute approximate surface area is 277 Å². The van der Waals surface area contributed by atoms with Crippen LogP contribution in [0.25, 0.3) is 0 Å². The van der Waals surface area contributed by atoms with Gasteiger partial charge in [0.1, 0.15) is 18.1 Å². The quantitative estimate of drug-likeness (QED) is 0.339. The van der Waals surface area contributed by atoms with Gasteiger partial charge in [-0.25, -0.2) is 0 Å². The Morgan fingerprint density at radius 2 is 0.729 bits per heavy atom. The van der Waals surface area contributed by atoms with E-state index in [1.165, 1.54) is 14.7 Å². The molecule has 0 aliphatic carbocycles. The van der Waals surface area contributed by atoms with Crippen molar-refractivity contribution in [2.75, 3.05) is 35.6 Å². The SMILES string of the molecule is O=C1Nc2cccc(c2)C(=O)N2CCCC2C(=O)Nc2cccc(c2)C(=O)N2CCCC2C(=O)Nc2cccc(c2)C(=O)N2CCCC12. The van der Waals surface area contributed by atoms with Crippen LogP contribution in [0.1, 0.15) is 69.6 Å². The first-order valence-corrected chi connectivity index (χ1v) is 16.4. The molecular weight excluding hydrogens is 612 g/mol. The number of carbonyl (C=O) groups is 6. The van der Waals surface area contributed by atoms with Crippen LogP contribution in [0.2, 0.25) is 0 Å². The minimum Gasteiger partial charge on any atom is -0.327 e. The fraction of sp³-hybridized carbons (Fsp3) is 0.333. The Morgan fingerprint density at radius 1 is 0.438 bits per heavy atom. The number of anilines is 3. The zero-order chi connectivity index (χ0) is 33.4. The third kappa shape index (κ3) is 6.01. The molecule has 0 saturated carbocycles. The number of hydrogen-bond donors (Lipinski definition) is 3. The van der Waals surface area contributed by atoms with Crippen molar-refractivity contribution in [1.29, 1.82) is 0 Å². The first kappa shape index (κ1) is 31.1. The van der Waals surface area contributed by atoms with Gasteiger partial charge in [-0.1, -0.05) is 18.2 Å². The molecule has 246 valence electrons. The summed E-state index contributed by atoms with van der Waals surface area (Å²) in [5, 5.41) is 8.65. The normalized spacial score (nSPS) is 23.5. The van der Waals surface area contributed by atoms with Crippen LogP contribution in [-0.4, -0.2) is 87.9 Å². The summed E-state index contributed by atoms with van der Waals surface area (Å²) in [5.41, 5.74) is 2.21. The Hall–Kier alpha value is -5.52. The molecule has 48 heavy (non-hydrogen) atoms. The minimum atomic E-state index is -0.720. The van der Waals surface area contributed by atoms with Gasteiger partial charge in [-0.2, -0.15) is 0 Å². The molecule has 6 amide bonds. The molecule has 6 bridgehead atoms. The lowest BCUT2D eigenvalue weighted by molar-refractivity contribution is -0.120. The van der Waals surface area contributed by atoms with Crippen molar-refractivity contribution in [3.8, 4) is 0 Å². The molecule has 3 aromatic rings. The summed E-state index contributed by atoms with van der Waals surface area (Å²) in [6.45, 7) is 1.18. The first-order chi connectivity index (χ1) is 23.3. The van der Waals surface area contributed by atoms with E-state index in [0.717, 1.165) is 0 Å². The van der Waals surface area contributed by atoms with Gasteiger partial charge in [0.15, 0.2) is 0 Å². The van der Waals surface area contributed by atoms with E-state index in [9.17, 15) is 28.8 Å². The van der Waals surface area contributed by atoms with Crippen LogP contribution in [0.4, 0.5) is 17.1 Å². The number of hydrogen-bond acceptors (Lipinski definition) is 6. The van der Waals surface area contributed by atoms with E-state index < -0.39 is 18.1 Å². The third-order valence-electron chi connectivity index (χ3n) is 9.58. The summed E-state index contributed by atoms with van der Waals surface area (Å²) in [6, 6.07) is 17.6. The average Bonchev–Trinajstić information content (AvgIpc) is 3.89. The maximum absolute atomic E-state index is 13.7. The number of fused-ring (bicyclic) bond motifs is 9. The highest BCUT2D eigenvalue weighted by molar-refractivity contribution is 6.06. The number of nitrogens with one attached hydrogen (secondary N) is 3. The second-order valence-electron chi connectivity index (χ2n) is 12.7. The minimum absolute atomic E-state index is 0.327. The molecule has 4 aliphatic rings. The Kier molecular flexibility index (Phi) is 8.38. The van der Waals surface area contributed by atoms with Gasteiger partial charge in [0.25, 0.3) is 17.7 Å². The van der Waals surface area contributed by atoms with E-state index in [1.54, 1.807) is 72.8 Å². The topological polar surface area (TPSA) is 148 Å². The van der Waals surface area contributed by atoms with E-state index in [4.69, 9.17) is 0 Å². The smallest absolute Gasteiger partial charge is 0.254 e. The third-order valence-corrected chi connectivity index (χ3v) is 9.58. The van der Waals surface area contributed by atoms with Gasteiger partial charge in [-0.3, -0.25) is 28.8 Å². The fourth-order valence-electron chi connectivity index (χ4n) is 7.21. The standard InChI is InChI=1S/C36H36N6O6/c43-31-28-13-5-17-41(28)35(47)23-8-2-12-27(20-23)39-33(45)30-15-6-18-42(30)36(48)24-9-3-11-26(21-24)38-32(44)29-14-4-16-40(29)34(46)22-7-1-10-25(19-22)37-31/h1-3,7-12,19-21,28-30H,4-6,13-18H2,(H,37,43)(H,38,44)(H,39,45). The van der Waals surface area contributed by atoms with Gasteiger partial charge in [0.05, 0.1) is 0 Å². The molecule has 3 unspecified atom stereocenters. The highest BCUT2D eigenvalue weighted by Crippen LogP contribution is 2.27. The Morgan fingerprint density at radius 3 is 1.02 bits per heavy atom. The average molecular weight is 649 g/mol. The Balaban J connectivity index is 1.23. The molecule has 3 fully saturated rings. The molecule has 4 aliphatic heterocycles. The molecule has 0 spiro atoms. The van der Waals surface area contributed by atoms with Crippen molar-refractivity contribution < 1.29 is 28.8 Å². The molecule has 3 saturated heterocycles. The zero-order valence-electron chi connectivity index (χ0n) is 26.3. The number of nitrogens with zero attached hydrogens (tertiary/aromatic N) is 3. The van der Waals surface area contributed by atoms with Gasteiger partial charge < -0.3 is 30.7 Å². The predicted octanol–water partition coefficient (Wildman–Crippen LogP) is 3.73. The van der Waals surface area contributed by atoms with Gasteiger partial charge in [-0.15, -0.1) is 0 Å². The first-order valence-electron chi connectivity index (χ1n) is 16.4. The molecule has 7 rings (SSSR count). The van der Waals surface area contributed by atoms with Gasteiger partial charge in [0.2, 0.25) is 17.7 Å². The number of carbonyl (C=O) groups excluding carboxylic acids is 6. The van der Waals surface area contributed by atoms with Crippen molar-refractivity contribution in [1.82, 2.24) is 14.7 Å². The molecule has 0 radical (unpaired) electrons. The van der Waals surface area contributed by atoms with Crippen LogP contribution in [0.3, 0.4) is 0 Å². The fourth-order valence-corrected chi connectivity index (χ4v) is 7.21. The van der Waals surface area contributed by atoms with E-state index in [0.29, 0.717) is 91.9 Å². The summed E-state index contributed by atoms with van der Waals surface area (Å²) in [5.74, 6) is -2.10. The van der Waals surface area contributed by atoms with E-state index in [-0.39, 0.29) is 35.4 Å². The summed E-state index contributed by atoms with van der Waals surface area (Å²) in [4.78, 5) is 86.1. The van der Waals surface area contributed by atoms with Crippen molar-refractivity contribution >= 4 is 52.5 Å². The lowest BCUT2D eigenvalue weighted by Gasteiger charge is -2.26. The number of amides is 6. The summed E-state index contributed by atoms with van der Waals surface area (Å²) < 4.78 is 0. The van der Waals surface area contributed by atoms with E-state index in [1.807, 2.05) is 0 Å². The highest BCUT2D eigenvalue weighted by atomic mass is 16.2. The molecule has 12 nitrogen and oxygen atoms in total. The van der Waals surface area contributed by atoms with Crippen molar-refractivity contribution in [2.24, 2.45) is 0 Å². The predicted molar refractivity (Wildman–Crippen MR) is 177 cm³/mol. The lowest BCUT2D eigenvalue weighted by Crippen LogP contribution is -2.44. The van der Waals surface area contributed by atoms with Crippen LogP contribution in [0, 0.1) is 0 Å². The maximum Gasteiger partial charge on any atom is 0.254 e. The van der Waals surface area contributed by atoms with Gasteiger partial charge in [0, 0.05) is 53.4 Å². The van der Waals surface area contributed by atoms with Crippen LogP contribution in [0.15, 0.2) is 72.8 Å². The van der Waals surface area contributed by atoms with Crippen molar-refractivity contribution in [2.45, 2.75) is 56.7 Å².